The number of hydrogen-bond donors (Lipinski definition) is 1. The number of ether oxygens (including phenoxy) is 1. The molecule has 0 saturated carbocycles. The molecule has 0 fully saturated rings. The molecular formula is C14H15FN2O. The Morgan fingerprint density at radius 3 is 2.33 bits per heavy atom. The van der Waals surface area contributed by atoms with Crippen LogP contribution in [-0.2, 0) is 0 Å². The van der Waals surface area contributed by atoms with E-state index in [4.69, 9.17) is 10.5 Å². The molecule has 0 atom stereocenters. The maximum absolute atomic E-state index is 13.0. The van der Waals surface area contributed by atoms with Gasteiger partial charge >= 0.3 is 0 Å². The maximum Gasteiger partial charge on any atom is 0.125 e. The second-order valence-corrected chi connectivity index (χ2v) is 3.96. The van der Waals surface area contributed by atoms with E-state index in [1.807, 2.05) is 36.2 Å². The van der Waals surface area contributed by atoms with Gasteiger partial charge in [0.2, 0.25) is 0 Å². The molecule has 2 aromatic carbocycles. The van der Waals surface area contributed by atoms with E-state index in [0.717, 1.165) is 17.1 Å². The van der Waals surface area contributed by atoms with E-state index in [0.29, 0.717) is 5.69 Å². The summed E-state index contributed by atoms with van der Waals surface area (Å²) in [5, 5.41) is 0. The highest BCUT2D eigenvalue weighted by atomic mass is 19.1. The number of hydrogen-bond acceptors (Lipinski definition) is 3. The van der Waals surface area contributed by atoms with E-state index in [9.17, 15) is 4.39 Å². The lowest BCUT2D eigenvalue weighted by molar-refractivity contribution is 0.415. The van der Waals surface area contributed by atoms with Gasteiger partial charge in [-0.15, -0.1) is 0 Å². The van der Waals surface area contributed by atoms with Crippen LogP contribution in [0, 0.1) is 5.82 Å². The molecule has 0 unspecified atom stereocenters. The zero-order valence-electron chi connectivity index (χ0n) is 10.4. The predicted molar refractivity (Wildman–Crippen MR) is 71.9 cm³/mol. The zero-order valence-corrected chi connectivity index (χ0v) is 10.4. The van der Waals surface area contributed by atoms with Crippen molar-refractivity contribution in [1.82, 2.24) is 0 Å². The number of nitrogens with two attached hydrogens (primary N) is 1. The van der Waals surface area contributed by atoms with Crippen LogP contribution in [0.5, 0.6) is 5.75 Å². The molecule has 4 heteroatoms. The lowest BCUT2D eigenvalue weighted by Gasteiger charge is -2.21. The summed E-state index contributed by atoms with van der Waals surface area (Å²) in [6, 6.07) is 11.9. The topological polar surface area (TPSA) is 38.5 Å². The molecule has 0 radical (unpaired) electrons. The Morgan fingerprint density at radius 1 is 1.11 bits per heavy atom. The summed E-state index contributed by atoms with van der Waals surface area (Å²) < 4.78 is 18.1. The fraction of sp³-hybridized carbons (Fsp3) is 0.143. The van der Waals surface area contributed by atoms with Crippen LogP contribution >= 0.6 is 0 Å². The second kappa shape index (κ2) is 4.96. The Bertz CT molecular complexity index is 540. The first kappa shape index (κ1) is 12.2. The number of anilines is 3. The highest BCUT2D eigenvalue weighted by Gasteiger charge is 2.08. The summed E-state index contributed by atoms with van der Waals surface area (Å²) in [5.74, 6) is 0.457. The Morgan fingerprint density at radius 2 is 1.78 bits per heavy atom. The summed E-state index contributed by atoms with van der Waals surface area (Å²) in [5.41, 5.74) is 7.94. The van der Waals surface area contributed by atoms with Crippen LogP contribution in [0.15, 0.2) is 42.5 Å². The van der Waals surface area contributed by atoms with E-state index in [1.54, 1.807) is 13.2 Å². The summed E-state index contributed by atoms with van der Waals surface area (Å²) in [4.78, 5) is 1.90. The molecule has 0 aliphatic heterocycles. The minimum atomic E-state index is -0.334. The molecule has 0 bridgehead atoms. The molecule has 0 aromatic heterocycles. The van der Waals surface area contributed by atoms with Gasteiger partial charge in [-0.05, 0) is 42.5 Å². The maximum atomic E-state index is 13.0. The van der Waals surface area contributed by atoms with Crippen LogP contribution in [0.4, 0.5) is 21.5 Å². The average molecular weight is 246 g/mol. The van der Waals surface area contributed by atoms with Gasteiger partial charge < -0.3 is 15.4 Å². The van der Waals surface area contributed by atoms with Crippen molar-refractivity contribution in [3.63, 3.8) is 0 Å². The van der Waals surface area contributed by atoms with E-state index in [2.05, 4.69) is 0 Å². The lowest BCUT2D eigenvalue weighted by Crippen LogP contribution is -2.11. The highest BCUT2D eigenvalue weighted by Crippen LogP contribution is 2.30. The van der Waals surface area contributed by atoms with Crippen LogP contribution in [0.25, 0.3) is 0 Å². The first-order chi connectivity index (χ1) is 8.61. The average Bonchev–Trinajstić information content (AvgIpc) is 2.38. The van der Waals surface area contributed by atoms with E-state index < -0.39 is 0 Å². The van der Waals surface area contributed by atoms with Crippen molar-refractivity contribution in [3.05, 3.63) is 48.3 Å². The first-order valence-corrected chi connectivity index (χ1v) is 5.54. The van der Waals surface area contributed by atoms with Crippen molar-refractivity contribution < 1.29 is 9.13 Å². The summed E-state index contributed by atoms with van der Waals surface area (Å²) in [6.07, 6.45) is 0. The van der Waals surface area contributed by atoms with Crippen LogP contribution in [-0.4, -0.2) is 14.2 Å². The molecule has 94 valence electrons. The van der Waals surface area contributed by atoms with Gasteiger partial charge in [0.25, 0.3) is 0 Å². The van der Waals surface area contributed by atoms with Crippen molar-refractivity contribution in [1.29, 1.82) is 0 Å². The van der Waals surface area contributed by atoms with Gasteiger partial charge in [0.05, 0.1) is 18.5 Å². The quantitative estimate of drug-likeness (QED) is 0.845. The molecule has 0 amide bonds. The molecule has 0 saturated heterocycles. The molecule has 2 rings (SSSR count). The first-order valence-electron chi connectivity index (χ1n) is 5.54. The molecule has 2 N–H and O–H groups in total. The third-order valence-corrected chi connectivity index (χ3v) is 2.81. The van der Waals surface area contributed by atoms with Crippen molar-refractivity contribution in [2.45, 2.75) is 0 Å². The summed E-state index contributed by atoms with van der Waals surface area (Å²) in [6.45, 7) is 0. The smallest absolute Gasteiger partial charge is 0.125 e. The standard InChI is InChI=1S/C14H15FN2O/c1-17(11-4-6-12(18-2)7-5-11)14-8-3-10(15)9-13(14)16/h3-9H,16H2,1-2H3. The third-order valence-electron chi connectivity index (χ3n) is 2.81. The number of benzene rings is 2. The number of rotatable bonds is 3. The number of nitrogen functional groups attached to an aromatic ring is 1. The van der Waals surface area contributed by atoms with Crippen LogP contribution < -0.4 is 15.4 Å². The van der Waals surface area contributed by atoms with Crippen molar-refractivity contribution in [3.8, 4) is 5.75 Å². The lowest BCUT2D eigenvalue weighted by atomic mass is 10.2. The van der Waals surface area contributed by atoms with Crippen LogP contribution in [0.2, 0.25) is 0 Å². The fourth-order valence-corrected chi connectivity index (χ4v) is 1.78. The monoisotopic (exact) mass is 246 g/mol. The summed E-state index contributed by atoms with van der Waals surface area (Å²) >= 11 is 0. The second-order valence-electron chi connectivity index (χ2n) is 3.96. The molecule has 3 nitrogen and oxygen atoms in total. The molecular weight excluding hydrogens is 231 g/mol. The predicted octanol–water partition coefficient (Wildman–Crippen LogP) is 3.18. The molecule has 0 aliphatic carbocycles. The SMILES string of the molecule is COc1ccc(N(C)c2ccc(F)cc2N)cc1. The number of nitrogens with zero attached hydrogens (tertiary/aromatic N) is 1. The van der Waals surface area contributed by atoms with Crippen LogP contribution in [0.1, 0.15) is 0 Å². The Kier molecular flexibility index (Phi) is 3.37. The van der Waals surface area contributed by atoms with Gasteiger partial charge in [0, 0.05) is 12.7 Å². The highest BCUT2D eigenvalue weighted by molar-refractivity contribution is 5.74. The zero-order chi connectivity index (χ0) is 13.1. The van der Waals surface area contributed by atoms with Crippen LogP contribution in [0.3, 0.4) is 0 Å². The minimum absolute atomic E-state index is 0.334. The van der Waals surface area contributed by atoms with Gasteiger partial charge in [-0.1, -0.05) is 0 Å². The van der Waals surface area contributed by atoms with Gasteiger partial charge in [0.15, 0.2) is 0 Å². The fourth-order valence-electron chi connectivity index (χ4n) is 1.78. The third kappa shape index (κ3) is 2.37. The number of methoxy groups -OCH3 is 1. The molecule has 0 spiro atoms. The van der Waals surface area contributed by atoms with E-state index in [-0.39, 0.29) is 5.82 Å². The Hall–Kier alpha value is -2.23. The Balaban J connectivity index is 2.31. The van der Waals surface area contributed by atoms with Gasteiger partial charge in [0.1, 0.15) is 11.6 Å². The van der Waals surface area contributed by atoms with Gasteiger partial charge in [-0.25, -0.2) is 4.39 Å². The van der Waals surface area contributed by atoms with Crippen molar-refractivity contribution in [2.24, 2.45) is 0 Å². The van der Waals surface area contributed by atoms with Crippen molar-refractivity contribution in [2.75, 3.05) is 24.8 Å². The molecule has 2 aromatic rings. The molecule has 18 heavy (non-hydrogen) atoms. The largest absolute Gasteiger partial charge is 0.497 e. The van der Waals surface area contributed by atoms with E-state index in [1.165, 1.54) is 12.1 Å². The molecule has 0 aliphatic rings. The van der Waals surface area contributed by atoms with Gasteiger partial charge in [-0.3, -0.25) is 0 Å². The van der Waals surface area contributed by atoms with Crippen molar-refractivity contribution >= 4 is 17.1 Å². The minimum Gasteiger partial charge on any atom is -0.497 e. The van der Waals surface area contributed by atoms with Gasteiger partial charge in [-0.2, -0.15) is 0 Å². The van der Waals surface area contributed by atoms with E-state index >= 15 is 0 Å². The Labute approximate surface area is 106 Å². The normalized spacial score (nSPS) is 10.2. The number of halogens is 1. The molecule has 0 heterocycles. The summed E-state index contributed by atoms with van der Waals surface area (Å²) in [7, 11) is 3.50.